The minimum Gasteiger partial charge on any atom is -0.382 e. The predicted molar refractivity (Wildman–Crippen MR) is 114 cm³/mol. The summed E-state index contributed by atoms with van der Waals surface area (Å²) in [6.07, 6.45) is 2.94. The smallest absolute Gasteiger partial charge is 0.253 e. The maximum absolute atomic E-state index is 12.4. The van der Waals surface area contributed by atoms with Crippen molar-refractivity contribution in [2.45, 2.75) is 25.3 Å². The summed E-state index contributed by atoms with van der Waals surface area (Å²) < 4.78 is 0. The van der Waals surface area contributed by atoms with Crippen molar-refractivity contribution in [1.29, 1.82) is 0 Å². The molecule has 0 saturated carbocycles. The molecule has 3 aromatic rings. The lowest BCUT2D eigenvalue weighted by molar-refractivity contribution is 0.0964. The molecule has 5 nitrogen and oxygen atoms in total. The third-order valence-electron chi connectivity index (χ3n) is 5.31. The first-order valence-electron chi connectivity index (χ1n) is 9.90. The number of nitrogens with zero attached hydrogens (tertiary/aromatic N) is 1. The first kappa shape index (κ1) is 18.4. The molecule has 0 unspecified atom stereocenters. The standard InChI is InChI=1S/C23H26N4O/c1-24-23(28)20-9-10-21(26-17-11-13-25-14-12-17)19-8-7-18(27-22(19)20)15-16-5-3-2-4-6-16/h2-10,17,25-26H,11-15H2,1H3,(H,24,28). The van der Waals surface area contributed by atoms with Crippen molar-refractivity contribution in [1.82, 2.24) is 15.6 Å². The van der Waals surface area contributed by atoms with E-state index in [0.29, 0.717) is 11.6 Å². The van der Waals surface area contributed by atoms with Crippen LogP contribution in [-0.2, 0) is 6.42 Å². The molecule has 0 radical (unpaired) electrons. The number of amides is 1. The van der Waals surface area contributed by atoms with Crippen LogP contribution in [0.1, 0.15) is 34.5 Å². The minimum atomic E-state index is -0.109. The van der Waals surface area contributed by atoms with Crippen LogP contribution in [0.15, 0.2) is 54.6 Å². The zero-order valence-electron chi connectivity index (χ0n) is 16.2. The summed E-state index contributed by atoms with van der Waals surface area (Å²) >= 11 is 0. The fraction of sp³-hybridized carbons (Fsp3) is 0.304. The van der Waals surface area contributed by atoms with Crippen molar-refractivity contribution in [3.8, 4) is 0 Å². The number of pyridine rings is 1. The second kappa shape index (κ2) is 8.40. The molecule has 0 atom stereocenters. The third kappa shape index (κ3) is 3.99. The summed E-state index contributed by atoms with van der Waals surface area (Å²) in [4.78, 5) is 17.3. The van der Waals surface area contributed by atoms with E-state index < -0.39 is 0 Å². The molecule has 2 aromatic carbocycles. The van der Waals surface area contributed by atoms with Crippen molar-refractivity contribution < 1.29 is 4.79 Å². The van der Waals surface area contributed by atoms with Gasteiger partial charge in [-0.05, 0) is 55.8 Å². The SMILES string of the molecule is CNC(=O)c1ccc(NC2CCNCC2)c2ccc(Cc3ccccc3)nc12. The quantitative estimate of drug-likeness (QED) is 0.641. The normalized spacial score (nSPS) is 14.8. The lowest BCUT2D eigenvalue weighted by Gasteiger charge is -2.25. The Hall–Kier alpha value is -2.92. The minimum absolute atomic E-state index is 0.109. The van der Waals surface area contributed by atoms with Gasteiger partial charge in [0.15, 0.2) is 0 Å². The average molecular weight is 374 g/mol. The maximum atomic E-state index is 12.4. The topological polar surface area (TPSA) is 66.1 Å². The lowest BCUT2D eigenvalue weighted by Crippen LogP contribution is -2.35. The molecule has 28 heavy (non-hydrogen) atoms. The number of rotatable bonds is 5. The Kier molecular flexibility index (Phi) is 5.53. The monoisotopic (exact) mass is 374 g/mol. The van der Waals surface area contributed by atoms with Crippen LogP contribution in [0.5, 0.6) is 0 Å². The summed E-state index contributed by atoms with van der Waals surface area (Å²) in [5.74, 6) is -0.109. The molecule has 1 fully saturated rings. The van der Waals surface area contributed by atoms with E-state index in [1.165, 1.54) is 5.56 Å². The van der Waals surface area contributed by atoms with Gasteiger partial charge >= 0.3 is 0 Å². The van der Waals surface area contributed by atoms with E-state index in [1.54, 1.807) is 7.05 Å². The van der Waals surface area contributed by atoms with Crippen molar-refractivity contribution in [3.63, 3.8) is 0 Å². The van der Waals surface area contributed by atoms with Gasteiger partial charge in [-0.15, -0.1) is 0 Å². The van der Waals surface area contributed by atoms with Gasteiger partial charge in [0.05, 0.1) is 11.1 Å². The number of piperidine rings is 1. The Balaban J connectivity index is 1.72. The number of carbonyl (C=O) groups is 1. The molecule has 2 heterocycles. The van der Waals surface area contributed by atoms with Crippen LogP contribution in [-0.4, -0.2) is 37.1 Å². The Morgan fingerprint density at radius 2 is 1.86 bits per heavy atom. The molecule has 0 aliphatic carbocycles. The maximum Gasteiger partial charge on any atom is 0.253 e. The average Bonchev–Trinajstić information content (AvgIpc) is 2.75. The molecule has 1 amide bonds. The molecule has 0 bridgehead atoms. The molecule has 5 heteroatoms. The van der Waals surface area contributed by atoms with E-state index in [1.807, 2.05) is 30.3 Å². The van der Waals surface area contributed by atoms with Gasteiger partial charge in [-0.25, -0.2) is 0 Å². The number of carbonyl (C=O) groups excluding carboxylic acids is 1. The second-order valence-corrected chi connectivity index (χ2v) is 7.27. The van der Waals surface area contributed by atoms with Crippen molar-refractivity contribution in [2.24, 2.45) is 0 Å². The van der Waals surface area contributed by atoms with E-state index in [-0.39, 0.29) is 5.91 Å². The Bertz CT molecular complexity index is 965. The lowest BCUT2D eigenvalue weighted by atomic mass is 10.0. The summed E-state index contributed by atoms with van der Waals surface area (Å²) in [5.41, 5.74) is 4.59. The van der Waals surface area contributed by atoms with Crippen LogP contribution in [0.2, 0.25) is 0 Å². The van der Waals surface area contributed by atoms with E-state index in [4.69, 9.17) is 4.98 Å². The Labute approximate surface area is 165 Å². The highest BCUT2D eigenvalue weighted by molar-refractivity contribution is 6.08. The highest BCUT2D eigenvalue weighted by Gasteiger charge is 2.17. The Morgan fingerprint density at radius 1 is 1.07 bits per heavy atom. The molecular weight excluding hydrogens is 348 g/mol. The van der Waals surface area contributed by atoms with Crippen LogP contribution < -0.4 is 16.0 Å². The second-order valence-electron chi connectivity index (χ2n) is 7.27. The number of fused-ring (bicyclic) bond motifs is 1. The van der Waals surface area contributed by atoms with Gasteiger partial charge in [0.2, 0.25) is 0 Å². The number of hydrogen-bond donors (Lipinski definition) is 3. The largest absolute Gasteiger partial charge is 0.382 e. The van der Waals surface area contributed by atoms with E-state index in [9.17, 15) is 4.79 Å². The summed E-state index contributed by atoms with van der Waals surface area (Å²) in [7, 11) is 1.66. The highest BCUT2D eigenvalue weighted by Crippen LogP contribution is 2.28. The Morgan fingerprint density at radius 3 is 2.61 bits per heavy atom. The number of aromatic nitrogens is 1. The third-order valence-corrected chi connectivity index (χ3v) is 5.31. The molecule has 1 aromatic heterocycles. The number of anilines is 1. The van der Waals surface area contributed by atoms with Gasteiger partial charge in [0, 0.05) is 36.3 Å². The van der Waals surface area contributed by atoms with Crippen molar-refractivity contribution in [3.05, 3.63) is 71.4 Å². The van der Waals surface area contributed by atoms with Crippen molar-refractivity contribution >= 4 is 22.5 Å². The van der Waals surface area contributed by atoms with Crippen LogP contribution in [0, 0.1) is 0 Å². The molecule has 144 valence electrons. The fourth-order valence-corrected chi connectivity index (χ4v) is 3.79. The van der Waals surface area contributed by atoms with Crippen LogP contribution in [0.4, 0.5) is 5.69 Å². The van der Waals surface area contributed by atoms with Crippen LogP contribution >= 0.6 is 0 Å². The number of nitrogens with one attached hydrogen (secondary N) is 3. The van der Waals surface area contributed by atoms with E-state index in [2.05, 4.69) is 40.2 Å². The molecular formula is C23H26N4O. The summed E-state index contributed by atoms with van der Waals surface area (Å²) in [6, 6.07) is 18.8. The first-order valence-corrected chi connectivity index (χ1v) is 9.90. The zero-order chi connectivity index (χ0) is 19.3. The zero-order valence-corrected chi connectivity index (χ0v) is 16.2. The summed E-state index contributed by atoms with van der Waals surface area (Å²) in [5, 5.41) is 10.8. The molecule has 1 aliphatic rings. The molecule has 1 saturated heterocycles. The van der Waals surface area contributed by atoms with Gasteiger partial charge in [0.1, 0.15) is 0 Å². The van der Waals surface area contributed by atoms with Crippen LogP contribution in [0.25, 0.3) is 10.9 Å². The van der Waals surface area contributed by atoms with Crippen LogP contribution in [0.3, 0.4) is 0 Å². The van der Waals surface area contributed by atoms with Gasteiger partial charge in [-0.2, -0.15) is 0 Å². The molecule has 0 spiro atoms. The van der Waals surface area contributed by atoms with Gasteiger partial charge < -0.3 is 16.0 Å². The van der Waals surface area contributed by atoms with E-state index >= 15 is 0 Å². The van der Waals surface area contributed by atoms with Gasteiger partial charge in [0.25, 0.3) is 5.91 Å². The number of hydrogen-bond acceptors (Lipinski definition) is 4. The first-order chi connectivity index (χ1) is 13.7. The van der Waals surface area contributed by atoms with E-state index in [0.717, 1.165) is 54.6 Å². The number of benzene rings is 2. The molecule has 4 rings (SSSR count). The predicted octanol–water partition coefficient (Wildman–Crippen LogP) is 3.35. The summed E-state index contributed by atoms with van der Waals surface area (Å²) in [6.45, 7) is 2.07. The molecule has 1 aliphatic heterocycles. The van der Waals surface area contributed by atoms with Gasteiger partial charge in [-0.3, -0.25) is 9.78 Å². The van der Waals surface area contributed by atoms with Crippen molar-refractivity contribution in [2.75, 3.05) is 25.5 Å². The fourth-order valence-electron chi connectivity index (χ4n) is 3.79. The molecule has 3 N–H and O–H groups in total. The van der Waals surface area contributed by atoms with Gasteiger partial charge in [-0.1, -0.05) is 30.3 Å². The highest BCUT2D eigenvalue weighted by atomic mass is 16.1.